The molecule has 1 atom stereocenters. The van der Waals surface area contributed by atoms with Crippen LogP contribution in [-0.2, 0) is 15.2 Å². The Kier molecular flexibility index (Phi) is 8.45. The largest absolute Gasteiger partial charge is 0.417 e. The summed E-state index contributed by atoms with van der Waals surface area (Å²) in [5, 5.41) is 12.2. The first-order valence-corrected chi connectivity index (χ1v) is 12.0. The summed E-state index contributed by atoms with van der Waals surface area (Å²) in [6.45, 7) is 2.50. The van der Waals surface area contributed by atoms with Gasteiger partial charge < -0.3 is 19.3 Å². The Morgan fingerprint density at radius 2 is 2.11 bits per heavy atom. The third kappa shape index (κ3) is 5.97. The van der Waals surface area contributed by atoms with Crippen molar-refractivity contribution in [3.8, 4) is 6.07 Å². The molecule has 0 unspecified atom stereocenters. The minimum absolute atomic E-state index is 0.0494. The van der Waals surface area contributed by atoms with Gasteiger partial charge in [0.15, 0.2) is 0 Å². The number of alkyl halides is 3. The molecule has 3 rings (SSSR count). The smallest absolute Gasteiger partial charge is 0.367 e. The van der Waals surface area contributed by atoms with Crippen molar-refractivity contribution >= 4 is 35.1 Å². The van der Waals surface area contributed by atoms with Gasteiger partial charge in [0.05, 0.1) is 23.5 Å². The molecule has 12 heteroatoms. The molecule has 1 aromatic heterocycles. The summed E-state index contributed by atoms with van der Waals surface area (Å²) in [7, 11) is 1.48. The van der Waals surface area contributed by atoms with Crippen molar-refractivity contribution in [2.75, 3.05) is 48.1 Å². The molecule has 1 aliphatic rings. The van der Waals surface area contributed by atoms with Crippen LogP contribution < -0.4 is 15.1 Å². The second-order valence-corrected chi connectivity index (χ2v) is 8.53. The summed E-state index contributed by atoms with van der Waals surface area (Å²) < 4.78 is 60.7. The lowest BCUT2D eigenvalue weighted by Crippen LogP contribution is -2.46. The molecule has 0 radical (unpaired) electrons. The number of halogens is 4. The van der Waals surface area contributed by atoms with Crippen molar-refractivity contribution in [1.29, 1.82) is 5.26 Å². The molecular formula is C23H25F4N5O2S. The summed E-state index contributed by atoms with van der Waals surface area (Å²) in [5.41, 5.74) is -1.14. The van der Waals surface area contributed by atoms with Gasteiger partial charge in [-0.1, -0.05) is 6.07 Å². The first-order valence-electron chi connectivity index (χ1n) is 10.8. The Labute approximate surface area is 205 Å². The SMILES string of the molecule is CSOCCCN1CC[C@H](Nc2nc(C)cc(C(F)(F)F)c2C#N)C(=O)N(C)c2cccc(F)c21. The number of nitriles is 1. The molecule has 188 valence electrons. The minimum atomic E-state index is -4.76. The Morgan fingerprint density at radius 1 is 1.37 bits per heavy atom. The van der Waals surface area contributed by atoms with E-state index < -0.39 is 35.1 Å². The van der Waals surface area contributed by atoms with Crippen molar-refractivity contribution in [2.24, 2.45) is 0 Å². The summed E-state index contributed by atoms with van der Waals surface area (Å²) in [5.74, 6) is -1.28. The number of aromatic nitrogens is 1. The second kappa shape index (κ2) is 11.1. The molecule has 2 aromatic rings. The monoisotopic (exact) mass is 511 g/mol. The molecule has 0 saturated carbocycles. The molecule has 0 fully saturated rings. The highest BCUT2D eigenvalue weighted by molar-refractivity contribution is 7.93. The summed E-state index contributed by atoms with van der Waals surface area (Å²) >= 11 is 1.23. The maximum absolute atomic E-state index is 14.9. The lowest BCUT2D eigenvalue weighted by atomic mass is 10.0. The molecule has 7 nitrogen and oxygen atoms in total. The van der Waals surface area contributed by atoms with Gasteiger partial charge in [0.1, 0.15) is 29.3 Å². The van der Waals surface area contributed by atoms with Crippen LogP contribution in [0.2, 0.25) is 0 Å². The van der Waals surface area contributed by atoms with Crippen LogP contribution in [0.5, 0.6) is 0 Å². The maximum atomic E-state index is 14.9. The number of benzene rings is 1. The average molecular weight is 512 g/mol. The van der Waals surface area contributed by atoms with Gasteiger partial charge in [-0.05, 0) is 50.0 Å². The van der Waals surface area contributed by atoms with Crippen molar-refractivity contribution in [2.45, 2.75) is 32.0 Å². The zero-order valence-electron chi connectivity index (χ0n) is 19.4. The van der Waals surface area contributed by atoms with Gasteiger partial charge in [0, 0.05) is 32.1 Å². The molecule has 1 aliphatic heterocycles. The number of carbonyl (C=O) groups is 1. The predicted octanol–water partition coefficient (Wildman–Crippen LogP) is 4.76. The van der Waals surface area contributed by atoms with E-state index in [0.717, 1.165) is 6.07 Å². The summed E-state index contributed by atoms with van der Waals surface area (Å²) in [6, 6.07) is 5.78. The van der Waals surface area contributed by atoms with E-state index in [0.29, 0.717) is 25.3 Å². The molecule has 1 amide bonds. The van der Waals surface area contributed by atoms with Crippen LogP contribution in [0.15, 0.2) is 24.3 Å². The molecule has 1 N–H and O–H groups in total. The maximum Gasteiger partial charge on any atom is 0.417 e. The van der Waals surface area contributed by atoms with Crippen LogP contribution in [0.25, 0.3) is 0 Å². The molecule has 2 heterocycles. The van der Waals surface area contributed by atoms with E-state index in [9.17, 15) is 27.6 Å². The molecule has 0 bridgehead atoms. The van der Waals surface area contributed by atoms with Gasteiger partial charge in [-0.2, -0.15) is 18.4 Å². The van der Waals surface area contributed by atoms with Crippen LogP contribution >= 0.6 is 12.0 Å². The standard InChI is InChI=1S/C23H25F4N5O2S/c1-14-12-16(23(25,26)27)15(13-28)21(29-14)30-18-8-10-32(9-5-11-34-35-3)20-17(24)6-4-7-19(20)31(2)22(18)33/h4,6-7,12,18H,5,8-11H2,1-3H3,(H,29,30)/t18-/m0/s1. The fourth-order valence-electron chi connectivity index (χ4n) is 3.99. The third-order valence-corrected chi connectivity index (χ3v) is 6.01. The number of hydrogen-bond donors (Lipinski definition) is 1. The van der Waals surface area contributed by atoms with E-state index in [2.05, 4.69) is 10.3 Å². The molecule has 1 aromatic carbocycles. The average Bonchev–Trinajstić information content (AvgIpc) is 2.80. The van der Waals surface area contributed by atoms with E-state index in [-0.39, 0.29) is 30.2 Å². The Bertz CT molecular complexity index is 1120. The highest BCUT2D eigenvalue weighted by Gasteiger charge is 2.37. The quantitative estimate of drug-likeness (QED) is 0.326. The number of rotatable bonds is 7. The number of anilines is 3. The highest BCUT2D eigenvalue weighted by atomic mass is 32.2. The topological polar surface area (TPSA) is 81.5 Å². The Morgan fingerprint density at radius 3 is 2.77 bits per heavy atom. The van der Waals surface area contributed by atoms with Crippen LogP contribution in [0.1, 0.15) is 29.7 Å². The summed E-state index contributed by atoms with van der Waals surface area (Å²) in [6.07, 6.45) is -2.23. The lowest BCUT2D eigenvalue weighted by Gasteiger charge is -2.36. The van der Waals surface area contributed by atoms with E-state index in [1.807, 2.05) is 0 Å². The number of hydrogen-bond acceptors (Lipinski definition) is 7. The van der Waals surface area contributed by atoms with E-state index >= 15 is 0 Å². The number of para-hydroxylation sites is 1. The number of aryl methyl sites for hydroxylation is 1. The fraction of sp³-hybridized carbons (Fsp3) is 0.435. The van der Waals surface area contributed by atoms with Gasteiger partial charge in [0.2, 0.25) is 5.91 Å². The molecule has 0 saturated heterocycles. The first kappa shape index (κ1) is 26.6. The third-order valence-electron chi connectivity index (χ3n) is 5.61. The zero-order chi connectivity index (χ0) is 25.8. The van der Waals surface area contributed by atoms with Gasteiger partial charge in [-0.3, -0.25) is 4.79 Å². The van der Waals surface area contributed by atoms with Crippen LogP contribution in [-0.4, -0.2) is 49.9 Å². The lowest BCUT2D eigenvalue weighted by molar-refractivity contribution is -0.137. The van der Waals surface area contributed by atoms with Crippen molar-refractivity contribution in [1.82, 2.24) is 4.98 Å². The summed E-state index contributed by atoms with van der Waals surface area (Å²) in [4.78, 5) is 20.5. The molecule has 35 heavy (non-hydrogen) atoms. The van der Waals surface area contributed by atoms with Crippen molar-refractivity contribution < 1.29 is 26.5 Å². The van der Waals surface area contributed by atoms with E-state index in [4.69, 9.17) is 4.18 Å². The Hall–Kier alpha value is -3.04. The zero-order valence-corrected chi connectivity index (χ0v) is 20.3. The minimum Gasteiger partial charge on any atom is -0.367 e. The number of fused-ring (bicyclic) bond motifs is 1. The molecule has 0 spiro atoms. The van der Waals surface area contributed by atoms with Crippen LogP contribution in [0.4, 0.5) is 34.8 Å². The molecular weight excluding hydrogens is 486 g/mol. The number of pyridine rings is 1. The van der Waals surface area contributed by atoms with Gasteiger partial charge in [-0.15, -0.1) is 0 Å². The number of carbonyl (C=O) groups excluding carboxylic acids is 1. The van der Waals surface area contributed by atoms with Crippen molar-refractivity contribution in [3.63, 3.8) is 0 Å². The predicted molar refractivity (Wildman–Crippen MR) is 127 cm³/mol. The van der Waals surface area contributed by atoms with Gasteiger partial charge in [-0.25, -0.2) is 9.37 Å². The Balaban J connectivity index is 1.98. The fourth-order valence-corrected chi connectivity index (χ4v) is 4.28. The van der Waals surface area contributed by atoms with Crippen molar-refractivity contribution in [3.05, 3.63) is 46.9 Å². The number of nitrogens with zero attached hydrogens (tertiary/aromatic N) is 4. The normalized spacial score (nSPS) is 16.4. The number of likely N-dealkylation sites (N-methyl/N-ethyl adjacent to an activating group) is 1. The first-order chi connectivity index (χ1) is 16.6. The highest BCUT2D eigenvalue weighted by Crippen LogP contribution is 2.37. The van der Waals surface area contributed by atoms with E-state index in [1.165, 1.54) is 43.0 Å². The van der Waals surface area contributed by atoms with E-state index in [1.54, 1.807) is 23.3 Å². The van der Waals surface area contributed by atoms with Gasteiger partial charge in [0.25, 0.3) is 0 Å². The molecule has 0 aliphatic carbocycles. The number of amides is 1. The number of nitrogens with one attached hydrogen (secondary N) is 1. The second-order valence-electron chi connectivity index (χ2n) is 7.96. The van der Waals surface area contributed by atoms with Gasteiger partial charge >= 0.3 is 6.18 Å². The van der Waals surface area contributed by atoms with Crippen LogP contribution in [0.3, 0.4) is 0 Å². The van der Waals surface area contributed by atoms with Crippen LogP contribution in [0, 0.1) is 24.1 Å².